The van der Waals surface area contributed by atoms with Crippen LogP contribution in [-0.4, -0.2) is 24.3 Å². The SMILES string of the molecule is CCCC(C)(C)NC(C)CC1CCCO1. The molecule has 1 saturated heterocycles. The molecule has 0 aromatic rings. The number of nitrogens with one attached hydrogen (secondary N) is 1. The highest BCUT2D eigenvalue weighted by molar-refractivity contribution is 4.82. The van der Waals surface area contributed by atoms with Crippen molar-refractivity contribution in [3.63, 3.8) is 0 Å². The van der Waals surface area contributed by atoms with Crippen LogP contribution in [0.4, 0.5) is 0 Å². The molecule has 1 heterocycles. The van der Waals surface area contributed by atoms with E-state index in [1.54, 1.807) is 0 Å². The molecule has 0 aromatic heterocycles. The highest BCUT2D eigenvalue weighted by Crippen LogP contribution is 2.19. The van der Waals surface area contributed by atoms with Crippen LogP contribution < -0.4 is 5.32 Å². The van der Waals surface area contributed by atoms with Gasteiger partial charge in [0.05, 0.1) is 6.10 Å². The molecule has 2 atom stereocenters. The summed E-state index contributed by atoms with van der Waals surface area (Å²) in [6.45, 7) is 10.1. The van der Waals surface area contributed by atoms with E-state index in [9.17, 15) is 0 Å². The fraction of sp³-hybridized carbons (Fsp3) is 1.00. The molecule has 1 aliphatic rings. The summed E-state index contributed by atoms with van der Waals surface area (Å²) in [6.07, 6.45) is 6.64. The van der Waals surface area contributed by atoms with Crippen LogP contribution in [0.25, 0.3) is 0 Å². The summed E-state index contributed by atoms with van der Waals surface area (Å²) in [7, 11) is 0. The molecule has 15 heavy (non-hydrogen) atoms. The summed E-state index contributed by atoms with van der Waals surface area (Å²) >= 11 is 0. The third-order valence-electron chi connectivity index (χ3n) is 3.15. The normalized spacial score (nSPS) is 24.4. The van der Waals surface area contributed by atoms with Gasteiger partial charge in [0, 0.05) is 18.2 Å². The first-order valence-corrected chi connectivity index (χ1v) is 6.43. The quantitative estimate of drug-likeness (QED) is 0.732. The Kier molecular flexibility index (Phi) is 5.07. The van der Waals surface area contributed by atoms with Gasteiger partial charge in [-0.2, -0.15) is 0 Å². The Hall–Kier alpha value is -0.0800. The maximum absolute atomic E-state index is 5.66. The molecule has 0 aliphatic carbocycles. The molecule has 1 fully saturated rings. The molecule has 1 N–H and O–H groups in total. The third-order valence-corrected chi connectivity index (χ3v) is 3.15. The van der Waals surface area contributed by atoms with Crippen LogP contribution in [0.2, 0.25) is 0 Å². The molecule has 2 unspecified atom stereocenters. The van der Waals surface area contributed by atoms with E-state index in [1.807, 2.05) is 0 Å². The monoisotopic (exact) mass is 213 g/mol. The lowest BCUT2D eigenvalue weighted by Crippen LogP contribution is -2.45. The molecule has 0 spiro atoms. The van der Waals surface area contributed by atoms with E-state index in [0.717, 1.165) is 13.0 Å². The van der Waals surface area contributed by atoms with Crippen molar-refractivity contribution in [2.75, 3.05) is 6.61 Å². The number of ether oxygens (including phenoxy) is 1. The van der Waals surface area contributed by atoms with Gasteiger partial charge < -0.3 is 10.1 Å². The van der Waals surface area contributed by atoms with Crippen LogP contribution in [0.1, 0.15) is 59.8 Å². The fourth-order valence-electron chi connectivity index (χ4n) is 2.65. The lowest BCUT2D eigenvalue weighted by atomic mass is 9.96. The van der Waals surface area contributed by atoms with Crippen molar-refractivity contribution in [2.24, 2.45) is 0 Å². The summed E-state index contributed by atoms with van der Waals surface area (Å²) < 4.78 is 5.66. The minimum absolute atomic E-state index is 0.271. The van der Waals surface area contributed by atoms with Crippen LogP contribution in [0.5, 0.6) is 0 Å². The van der Waals surface area contributed by atoms with Crippen LogP contribution in [0.15, 0.2) is 0 Å². The molecule has 0 radical (unpaired) electrons. The standard InChI is InChI=1S/C13H27NO/c1-5-8-13(3,4)14-11(2)10-12-7-6-9-15-12/h11-12,14H,5-10H2,1-4H3. The number of hydrogen-bond acceptors (Lipinski definition) is 2. The van der Waals surface area contributed by atoms with Gasteiger partial charge in [0.25, 0.3) is 0 Å². The molecule has 0 bridgehead atoms. The molecular formula is C13H27NO. The van der Waals surface area contributed by atoms with Gasteiger partial charge in [0.15, 0.2) is 0 Å². The van der Waals surface area contributed by atoms with E-state index >= 15 is 0 Å². The van der Waals surface area contributed by atoms with E-state index in [4.69, 9.17) is 4.74 Å². The van der Waals surface area contributed by atoms with Crippen molar-refractivity contribution in [1.82, 2.24) is 5.32 Å². The van der Waals surface area contributed by atoms with Crippen molar-refractivity contribution in [2.45, 2.75) is 77.5 Å². The van der Waals surface area contributed by atoms with Gasteiger partial charge in [-0.3, -0.25) is 0 Å². The van der Waals surface area contributed by atoms with Crippen LogP contribution in [0, 0.1) is 0 Å². The van der Waals surface area contributed by atoms with Crippen LogP contribution in [-0.2, 0) is 4.74 Å². The highest BCUT2D eigenvalue weighted by atomic mass is 16.5. The van der Waals surface area contributed by atoms with Gasteiger partial charge >= 0.3 is 0 Å². The molecule has 2 heteroatoms. The van der Waals surface area contributed by atoms with Gasteiger partial charge in [0.1, 0.15) is 0 Å². The maximum Gasteiger partial charge on any atom is 0.0590 e. The van der Waals surface area contributed by atoms with Crippen LogP contribution in [0.3, 0.4) is 0 Å². The second-order valence-corrected chi connectivity index (χ2v) is 5.55. The van der Waals surface area contributed by atoms with E-state index in [1.165, 1.54) is 25.7 Å². The van der Waals surface area contributed by atoms with E-state index in [0.29, 0.717) is 12.1 Å². The summed E-state index contributed by atoms with van der Waals surface area (Å²) in [5, 5.41) is 3.70. The smallest absolute Gasteiger partial charge is 0.0590 e. The number of rotatable bonds is 6. The minimum Gasteiger partial charge on any atom is -0.378 e. The zero-order chi connectivity index (χ0) is 11.3. The minimum atomic E-state index is 0.271. The lowest BCUT2D eigenvalue weighted by molar-refractivity contribution is 0.0924. The second-order valence-electron chi connectivity index (χ2n) is 5.55. The second kappa shape index (κ2) is 5.86. The van der Waals surface area contributed by atoms with E-state index in [-0.39, 0.29) is 5.54 Å². The maximum atomic E-state index is 5.66. The summed E-state index contributed by atoms with van der Waals surface area (Å²) in [5.74, 6) is 0. The van der Waals surface area contributed by atoms with Gasteiger partial charge in [-0.15, -0.1) is 0 Å². The first-order chi connectivity index (χ1) is 7.03. The molecular weight excluding hydrogens is 186 g/mol. The zero-order valence-corrected chi connectivity index (χ0v) is 10.8. The van der Waals surface area contributed by atoms with Crippen molar-refractivity contribution >= 4 is 0 Å². The zero-order valence-electron chi connectivity index (χ0n) is 10.8. The van der Waals surface area contributed by atoms with E-state index in [2.05, 4.69) is 33.0 Å². The predicted octanol–water partition coefficient (Wildman–Crippen LogP) is 3.11. The van der Waals surface area contributed by atoms with Gasteiger partial charge in [-0.25, -0.2) is 0 Å². The lowest BCUT2D eigenvalue weighted by Gasteiger charge is -2.31. The van der Waals surface area contributed by atoms with Gasteiger partial charge in [-0.1, -0.05) is 13.3 Å². The van der Waals surface area contributed by atoms with Gasteiger partial charge in [-0.05, 0) is 46.5 Å². The molecule has 0 saturated carbocycles. The Morgan fingerprint density at radius 2 is 2.20 bits per heavy atom. The third kappa shape index (κ3) is 4.98. The van der Waals surface area contributed by atoms with Crippen molar-refractivity contribution in [3.05, 3.63) is 0 Å². The first kappa shape index (κ1) is 13.0. The Labute approximate surface area is 94.8 Å². The van der Waals surface area contributed by atoms with Gasteiger partial charge in [0.2, 0.25) is 0 Å². The molecule has 0 aromatic carbocycles. The Morgan fingerprint density at radius 3 is 2.73 bits per heavy atom. The molecule has 0 amide bonds. The topological polar surface area (TPSA) is 21.3 Å². The van der Waals surface area contributed by atoms with Crippen LogP contribution >= 0.6 is 0 Å². The Bertz CT molecular complexity index is 173. The summed E-state index contributed by atoms with van der Waals surface area (Å²) in [6, 6.07) is 0.564. The average Bonchev–Trinajstić information content (AvgIpc) is 2.54. The van der Waals surface area contributed by atoms with Crippen molar-refractivity contribution in [3.8, 4) is 0 Å². The Balaban J connectivity index is 2.24. The fourth-order valence-corrected chi connectivity index (χ4v) is 2.65. The largest absolute Gasteiger partial charge is 0.378 e. The summed E-state index contributed by atoms with van der Waals surface area (Å²) in [5.41, 5.74) is 0.271. The summed E-state index contributed by atoms with van der Waals surface area (Å²) in [4.78, 5) is 0. The van der Waals surface area contributed by atoms with E-state index < -0.39 is 0 Å². The van der Waals surface area contributed by atoms with Crippen molar-refractivity contribution in [1.29, 1.82) is 0 Å². The highest BCUT2D eigenvalue weighted by Gasteiger charge is 2.23. The first-order valence-electron chi connectivity index (χ1n) is 6.43. The Morgan fingerprint density at radius 1 is 1.47 bits per heavy atom. The molecule has 2 nitrogen and oxygen atoms in total. The predicted molar refractivity (Wildman–Crippen MR) is 65.2 cm³/mol. The average molecular weight is 213 g/mol. The number of hydrogen-bond donors (Lipinski definition) is 1. The molecule has 1 rings (SSSR count). The van der Waals surface area contributed by atoms with Crippen molar-refractivity contribution < 1.29 is 4.74 Å². The molecule has 90 valence electrons. The molecule has 1 aliphatic heterocycles.